The normalized spacial score (nSPS) is 9.62. The number of carbonyl (C=O) groups excluding carboxylic acids is 1. The van der Waals surface area contributed by atoms with Gasteiger partial charge in [-0.25, -0.2) is 0 Å². The van der Waals surface area contributed by atoms with E-state index in [1.807, 2.05) is 12.1 Å². The summed E-state index contributed by atoms with van der Waals surface area (Å²) in [6.45, 7) is 0. The molecule has 0 fully saturated rings. The van der Waals surface area contributed by atoms with Crippen molar-refractivity contribution in [3.8, 4) is 12.1 Å². The van der Waals surface area contributed by atoms with Gasteiger partial charge in [-0.05, 0) is 48.5 Å². The van der Waals surface area contributed by atoms with E-state index in [1.54, 1.807) is 54.7 Å². The molecule has 0 aliphatic carbocycles. The lowest BCUT2D eigenvalue weighted by atomic mass is 10.2. The molecule has 1 amide bonds. The molecule has 6 nitrogen and oxygen atoms in total. The molecule has 26 heavy (non-hydrogen) atoms. The Morgan fingerprint density at radius 1 is 0.846 bits per heavy atom. The van der Waals surface area contributed by atoms with Gasteiger partial charge in [-0.3, -0.25) is 9.78 Å². The molecule has 0 aliphatic heterocycles. The number of rotatable bonds is 4. The van der Waals surface area contributed by atoms with Gasteiger partial charge in [0.1, 0.15) is 0 Å². The minimum Gasteiger partial charge on any atom is -0.354 e. The number of nitrogens with one attached hydrogen (secondary N) is 2. The van der Waals surface area contributed by atoms with Crippen LogP contribution in [0, 0.1) is 22.7 Å². The Hall–Kier alpha value is -4.16. The van der Waals surface area contributed by atoms with Gasteiger partial charge in [-0.15, -0.1) is 0 Å². The summed E-state index contributed by atoms with van der Waals surface area (Å²) in [6, 6.07) is 19.4. The van der Waals surface area contributed by atoms with E-state index in [0.717, 1.165) is 5.69 Å². The number of carbonyl (C=O) groups is 1. The first-order valence-electron chi connectivity index (χ1n) is 7.72. The molecule has 2 aromatic carbocycles. The second kappa shape index (κ2) is 7.61. The zero-order valence-corrected chi connectivity index (χ0v) is 13.6. The van der Waals surface area contributed by atoms with Crippen molar-refractivity contribution in [2.45, 2.75) is 0 Å². The second-order valence-electron chi connectivity index (χ2n) is 5.42. The second-order valence-corrected chi connectivity index (χ2v) is 5.42. The molecular weight excluding hydrogens is 326 g/mol. The van der Waals surface area contributed by atoms with Crippen molar-refractivity contribution in [2.75, 3.05) is 10.6 Å². The van der Waals surface area contributed by atoms with Crippen LogP contribution in [0.3, 0.4) is 0 Å². The zero-order chi connectivity index (χ0) is 18.4. The third kappa shape index (κ3) is 4.02. The highest BCUT2D eigenvalue weighted by atomic mass is 16.1. The molecule has 1 heterocycles. The summed E-state index contributed by atoms with van der Waals surface area (Å²) in [6.07, 6.45) is 3.06. The van der Waals surface area contributed by atoms with Crippen molar-refractivity contribution >= 4 is 23.0 Å². The highest BCUT2D eigenvalue weighted by Gasteiger charge is 2.08. The van der Waals surface area contributed by atoms with Crippen molar-refractivity contribution in [2.24, 2.45) is 0 Å². The van der Waals surface area contributed by atoms with Gasteiger partial charge in [-0.2, -0.15) is 10.5 Å². The molecule has 0 unspecified atom stereocenters. The van der Waals surface area contributed by atoms with Gasteiger partial charge in [-0.1, -0.05) is 6.07 Å². The zero-order valence-electron chi connectivity index (χ0n) is 13.6. The summed E-state index contributed by atoms with van der Waals surface area (Å²) in [5.41, 5.74) is 3.40. The maximum atomic E-state index is 12.4. The fraction of sp³-hybridized carbons (Fsp3) is 0. The molecule has 0 atom stereocenters. The lowest BCUT2D eigenvalue weighted by Gasteiger charge is -2.09. The summed E-state index contributed by atoms with van der Waals surface area (Å²) < 4.78 is 0. The number of pyridine rings is 1. The van der Waals surface area contributed by atoms with Crippen LogP contribution in [-0.2, 0) is 0 Å². The first-order chi connectivity index (χ1) is 12.7. The van der Waals surface area contributed by atoms with Crippen LogP contribution in [-0.4, -0.2) is 10.9 Å². The Morgan fingerprint density at radius 2 is 1.62 bits per heavy atom. The number of nitriles is 2. The smallest absolute Gasteiger partial charge is 0.257 e. The van der Waals surface area contributed by atoms with Crippen LogP contribution in [0.5, 0.6) is 0 Å². The Bertz CT molecular complexity index is 1030. The van der Waals surface area contributed by atoms with E-state index in [4.69, 9.17) is 10.5 Å². The Labute approximate surface area is 150 Å². The molecule has 0 radical (unpaired) electrons. The maximum absolute atomic E-state index is 12.4. The van der Waals surface area contributed by atoms with E-state index in [9.17, 15) is 4.79 Å². The highest BCUT2D eigenvalue weighted by Crippen LogP contribution is 2.18. The number of benzene rings is 2. The topological polar surface area (TPSA) is 102 Å². The largest absolute Gasteiger partial charge is 0.354 e. The number of hydrogen-bond acceptors (Lipinski definition) is 5. The molecule has 6 heteroatoms. The van der Waals surface area contributed by atoms with Gasteiger partial charge >= 0.3 is 0 Å². The molecule has 0 saturated heterocycles. The summed E-state index contributed by atoms with van der Waals surface area (Å²) in [5.74, 6) is -0.309. The number of aromatic nitrogens is 1. The third-order valence-corrected chi connectivity index (χ3v) is 3.55. The van der Waals surface area contributed by atoms with Crippen LogP contribution in [0.1, 0.15) is 21.5 Å². The predicted octanol–water partition coefficient (Wildman–Crippen LogP) is 3.82. The summed E-state index contributed by atoms with van der Waals surface area (Å²) >= 11 is 0. The molecule has 0 saturated carbocycles. The van der Waals surface area contributed by atoms with E-state index in [1.165, 1.54) is 6.20 Å². The SMILES string of the molecule is N#Cc1ccc(NC(=O)c2cncc(Nc3cccc(C#N)c3)c2)cc1. The van der Waals surface area contributed by atoms with Crippen molar-refractivity contribution < 1.29 is 4.79 Å². The van der Waals surface area contributed by atoms with E-state index < -0.39 is 0 Å². The van der Waals surface area contributed by atoms with E-state index in [2.05, 4.69) is 21.7 Å². The van der Waals surface area contributed by atoms with E-state index >= 15 is 0 Å². The number of amides is 1. The van der Waals surface area contributed by atoms with Gasteiger partial charge in [0.25, 0.3) is 5.91 Å². The molecule has 0 spiro atoms. The van der Waals surface area contributed by atoms with Crippen LogP contribution >= 0.6 is 0 Å². The Kier molecular flexibility index (Phi) is 4.88. The summed E-state index contributed by atoms with van der Waals surface area (Å²) in [5, 5.41) is 23.6. The third-order valence-electron chi connectivity index (χ3n) is 3.55. The first kappa shape index (κ1) is 16.7. The van der Waals surface area contributed by atoms with Crippen LogP contribution < -0.4 is 10.6 Å². The Morgan fingerprint density at radius 3 is 2.35 bits per heavy atom. The van der Waals surface area contributed by atoms with E-state index in [-0.39, 0.29) is 5.91 Å². The molecule has 2 N–H and O–H groups in total. The Balaban J connectivity index is 1.74. The van der Waals surface area contributed by atoms with Crippen LogP contribution in [0.4, 0.5) is 17.1 Å². The monoisotopic (exact) mass is 339 g/mol. The molecule has 0 bridgehead atoms. The molecule has 3 aromatic rings. The summed E-state index contributed by atoms with van der Waals surface area (Å²) in [4.78, 5) is 16.5. The van der Waals surface area contributed by atoms with Gasteiger partial charge in [0, 0.05) is 17.6 Å². The number of nitrogens with zero attached hydrogens (tertiary/aromatic N) is 3. The van der Waals surface area contributed by atoms with Gasteiger partial charge in [0.05, 0.1) is 40.7 Å². The molecular formula is C20H13N5O. The summed E-state index contributed by atoms with van der Waals surface area (Å²) in [7, 11) is 0. The van der Waals surface area contributed by atoms with Crippen molar-refractivity contribution in [1.29, 1.82) is 10.5 Å². The quantitative estimate of drug-likeness (QED) is 0.752. The fourth-order valence-corrected chi connectivity index (χ4v) is 2.30. The first-order valence-corrected chi connectivity index (χ1v) is 7.72. The van der Waals surface area contributed by atoms with Crippen LogP contribution in [0.2, 0.25) is 0 Å². The minimum atomic E-state index is -0.309. The van der Waals surface area contributed by atoms with Gasteiger partial charge < -0.3 is 10.6 Å². The number of hydrogen-bond donors (Lipinski definition) is 2. The fourth-order valence-electron chi connectivity index (χ4n) is 2.30. The van der Waals surface area contributed by atoms with Crippen LogP contribution in [0.25, 0.3) is 0 Å². The van der Waals surface area contributed by atoms with E-state index in [0.29, 0.717) is 28.1 Å². The molecule has 3 rings (SSSR count). The highest BCUT2D eigenvalue weighted by molar-refractivity contribution is 6.04. The lowest BCUT2D eigenvalue weighted by Crippen LogP contribution is -2.12. The average Bonchev–Trinajstić information content (AvgIpc) is 2.69. The van der Waals surface area contributed by atoms with Crippen molar-refractivity contribution in [3.05, 3.63) is 83.7 Å². The van der Waals surface area contributed by atoms with Crippen molar-refractivity contribution in [1.82, 2.24) is 4.98 Å². The molecule has 124 valence electrons. The minimum absolute atomic E-state index is 0.309. The number of anilines is 3. The average molecular weight is 339 g/mol. The van der Waals surface area contributed by atoms with Crippen molar-refractivity contribution in [3.63, 3.8) is 0 Å². The lowest BCUT2D eigenvalue weighted by molar-refractivity contribution is 0.102. The molecule has 0 aliphatic rings. The maximum Gasteiger partial charge on any atom is 0.257 e. The van der Waals surface area contributed by atoms with Crippen LogP contribution in [0.15, 0.2) is 67.0 Å². The standard InChI is InChI=1S/C20H13N5O/c21-10-14-4-6-17(7-5-14)25-20(26)16-9-19(13-23-12-16)24-18-3-1-2-15(8-18)11-22/h1-9,12-13,24H,(H,25,26). The predicted molar refractivity (Wildman–Crippen MR) is 97.8 cm³/mol. The molecule has 1 aromatic heterocycles. The van der Waals surface area contributed by atoms with Gasteiger partial charge in [0.15, 0.2) is 0 Å². The van der Waals surface area contributed by atoms with Gasteiger partial charge in [0.2, 0.25) is 0 Å².